The van der Waals surface area contributed by atoms with Gasteiger partial charge in [0.25, 0.3) is 5.91 Å². The maximum atomic E-state index is 14.4. The number of nitrogens with one attached hydrogen (secondary N) is 3. The second-order valence-corrected chi connectivity index (χ2v) is 16.7. The predicted octanol–water partition coefficient (Wildman–Crippen LogP) is 1.99. The Morgan fingerprint density at radius 2 is 1.86 bits per heavy atom. The number of rotatable bonds is 5. The van der Waals surface area contributed by atoms with Crippen LogP contribution < -0.4 is 15.4 Å². The van der Waals surface area contributed by atoms with E-state index in [-0.39, 0.29) is 52.1 Å². The lowest BCUT2D eigenvalue weighted by atomic mass is 10.1. The molecule has 5 aliphatic rings. The number of amides is 5. The monoisotopic (exact) mass is 733 g/mol. The van der Waals surface area contributed by atoms with Crippen LogP contribution in [0.1, 0.15) is 70.4 Å². The number of benzene rings is 1. The first-order valence-corrected chi connectivity index (χ1v) is 18.8. The van der Waals surface area contributed by atoms with Crippen molar-refractivity contribution in [2.45, 2.75) is 107 Å². The second-order valence-electron chi connectivity index (χ2n) is 14.7. The third-order valence-corrected chi connectivity index (χ3v) is 11.4. The van der Waals surface area contributed by atoms with Crippen molar-refractivity contribution >= 4 is 39.9 Å². The highest BCUT2D eigenvalue weighted by molar-refractivity contribution is 7.91. The van der Waals surface area contributed by atoms with Gasteiger partial charge in [-0.05, 0) is 58.1 Å². The van der Waals surface area contributed by atoms with Crippen LogP contribution in [0, 0.1) is 11.7 Å². The van der Waals surface area contributed by atoms with E-state index in [1.807, 2.05) is 0 Å². The molecule has 278 valence electrons. The molecule has 0 radical (unpaired) electrons. The van der Waals surface area contributed by atoms with E-state index < -0.39 is 86.2 Å². The first-order chi connectivity index (χ1) is 24.1. The minimum Gasteiger partial charge on any atom is -0.444 e. The topological polar surface area (TPSA) is 190 Å². The average Bonchev–Trinajstić information content (AvgIpc) is 3.93. The maximum Gasteiger partial charge on any atom is 0.410 e. The molecule has 0 aromatic heterocycles. The van der Waals surface area contributed by atoms with Gasteiger partial charge in [0.2, 0.25) is 21.8 Å². The lowest BCUT2D eigenvalue weighted by Crippen LogP contribution is -2.58. The predicted molar refractivity (Wildman–Crippen MR) is 177 cm³/mol. The summed E-state index contributed by atoms with van der Waals surface area (Å²) in [4.78, 5) is 70.5. The summed E-state index contributed by atoms with van der Waals surface area (Å²) in [5, 5.41) is 4.66. The minimum absolute atomic E-state index is 0.0156. The van der Waals surface area contributed by atoms with Gasteiger partial charge in [-0.1, -0.05) is 24.3 Å². The van der Waals surface area contributed by atoms with Crippen LogP contribution in [0.25, 0.3) is 0 Å². The molecule has 0 unspecified atom stereocenters. The van der Waals surface area contributed by atoms with Crippen molar-refractivity contribution in [3.63, 3.8) is 0 Å². The van der Waals surface area contributed by atoms with Gasteiger partial charge in [0.15, 0.2) is 0 Å². The van der Waals surface area contributed by atoms with Gasteiger partial charge < -0.3 is 29.7 Å². The molecule has 15 nitrogen and oxygen atoms in total. The molecular formula is C34H44FN5O10S. The normalized spacial score (nSPS) is 28.9. The lowest BCUT2D eigenvalue weighted by molar-refractivity contribution is -0.141. The third-order valence-electron chi connectivity index (χ3n) is 9.60. The van der Waals surface area contributed by atoms with Crippen molar-refractivity contribution in [2.24, 2.45) is 5.92 Å². The van der Waals surface area contributed by atoms with Gasteiger partial charge in [-0.2, -0.15) is 0 Å². The van der Waals surface area contributed by atoms with Crippen LogP contribution in [0.5, 0.6) is 0 Å². The van der Waals surface area contributed by atoms with Crippen molar-refractivity contribution in [1.29, 1.82) is 0 Å². The highest BCUT2D eigenvalue weighted by atomic mass is 32.2. The van der Waals surface area contributed by atoms with Crippen LogP contribution in [0.4, 0.5) is 14.0 Å². The number of ether oxygens (including phenoxy) is 3. The van der Waals surface area contributed by atoms with E-state index in [0.29, 0.717) is 30.4 Å². The molecule has 3 fully saturated rings. The van der Waals surface area contributed by atoms with Crippen molar-refractivity contribution in [3.05, 3.63) is 47.3 Å². The first kappa shape index (κ1) is 36.5. The highest BCUT2D eigenvalue weighted by Crippen LogP contribution is 2.46. The van der Waals surface area contributed by atoms with Crippen LogP contribution in [0.2, 0.25) is 0 Å². The Bertz CT molecular complexity index is 1730. The van der Waals surface area contributed by atoms with Crippen molar-refractivity contribution in [3.8, 4) is 0 Å². The molecule has 1 aromatic carbocycles. The zero-order valence-electron chi connectivity index (χ0n) is 28.8. The molecule has 2 aliphatic carbocycles. The fourth-order valence-electron chi connectivity index (χ4n) is 6.69. The standard InChI is InChI=1S/C34H44FN5O10S/c1-33(2,3)50-31(44)36-26-12-14-48-13-5-4-8-21-16-34(21,30(43)38-51(46,47)23-10-11-23)37-28(41)27-15-22(18-40(27)29(26)42)49-32(45)39-17-20-7-6-9-25(35)24(20)19-39/h4,6-9,21-23,26-27H,5,10-19H2,1-3H3,(H,36,44)(H,37,41)(H,38,43)/b8-4-/t21-,22+,26-,27-,34+/m0/s1. The maximum absolute atomic E-state index is 14.4. The second kappa shape index (κ2) is 14.1. The van der Waals surface area contributed by atoms with Crippen LogP contribution >= 0.6 is 0 Å². The molecule has 5 amide bonds. The Labute approximate surface area is 295 Å². The van der Waals surface area contributed by atoms with Crippen LogP contribution in [0.3, 0.4) is 0 Å². The fraction of sp³-hybridized carbons (Fsp3) is 0.618. The largest absolute Gasteiger partial charge is 0.444 e. The number of hydrogen-bond acceptors (Lipinski definition) is 10. The molecule has 5 atom stereocenters. The molecule has 3 aliphatic heterocycles. The van der Waals surface area contributed by atoms with Gasteiger partial charge in [0.05, 0.1) is 24.9 Å². The highest BCUT2D eigenvalue weighted by Gasteiger charge is 2.62. The Hall–Kier alpha value is -4.25. The number of carbonyl (C=O) groups is 5. The van der Waals surface area contributed by atoms with Crippen molar-refractivity contribution in [1.82, 2.24) is 25.2 Å². The van der Waals surface area contributed by atoms with Gasteiger partial charge in [0.1, 0.15) is 35.1 Å². The summed E-state index contributed by atoms with van der Waals surface area (Å²) in [6, 6.07) is 2.10. The zero-order valence-corrected chi connectivity index (χ0v) is 29.6. The molecule has 1 aromatic rings. The van der Waals surface area contributed by atoms with Gasteiger partial charge in [-0.25, -0.2) is 22.4 Å². The van der Waals surface area contributed by atoms with Crippen molar-refractivity contribution in [2.75, 3.05) is 19.8 Å². The van der Waals surface area contributed by atoms with Gasteiger partial charge in [-0.3, -0.25) is 24.0 Å². The van der Waals surface area contributed by atoms with Crippen LogP contribution in [-0.4, -0.2) is 102 Å². The molecule has 0 spiro atoms. The molecule has 0 bridgehead atoms. The van der Waals surface area contributed by atoms with Gasteiger partial charge in [-0.15, -0.1) is 0 Å². The van der Waals surface area contributed by atoms with E-state index in [2.05, 4.69) is 15.4 Å². The number of alkyl carbamates (subject to hydrolysis) is 1. The molecule has 51 heavy (non-hydrogen) atoms. The summed E-state index contributed by atoms with van der Waals surface area (Å²) in [5.74, 6) is -3.27. The number of nitrogens with zero attached hydrogens (tertiary/aromatic N) is 2. The van der Waals surface area contributed by atoms with Crippen molar-refractivity contribution < 1.29 is 51.0 Å². The number of fused-ring (bicyclic) bond motifs is 3. The molecule has 1 saturated heterocycles. The van der Waals surface area contributed by atoms with E-state index in [4.69, 9.17) is 14.2 Å². The molecular weight excluding hydrogens is 689 g/mol. The summed E-state index contributed by atoms with van der Waals surface area (Å²) in [6.07, 6.45) is 2.19. The molecule has 2 saturated carbocycles. The number of halogens is 1. The lowest BCUT2D eigenvalue weighted by Gasteiger charge is -2.30. The van der Waals surface area contributed by atoms with E-state index in [1.54, 1.807) is 45.1 Å². The quantitative estimate of drug-likeness (QED) is 0.378. The summed E-state index contributed by atoms with van der Waals surface area (Å²) in [5.41, 5.74) is -1.45. The average molecular weight is 734 g/mol. The first-order valence-electron chi connectivity index (χ1n) is 17.2. The summed E-state index contributed by atoms with van der Waals surface area (Å²) < 4.78 is 58.9. The zero-order chi connectivity index (χ0) is 36.7. The Morgan fingerprint density at radius 3 is 2.57 bits per heavy atom. The van der Waals surface area contributed by atoms with E-state index in [0.717, 1.165) is 0 Å². The molecule has 6 rings (SSSR count). The molecule has 3 N–H and O–H groups in total. The third kappa shape index (κ3) is 8.29. The van der Waals surface area contributed by atoms with E-state index in [1.165, 1.54) is 15.9 Å². The van der Waals surface area contributed by atoms with Gasteiger partial charge >= 0.3 is 12.2 Å². The number of hydrogen-bond donors (Lipinski definition) is 3. The fourth-order valence-corrected chi connectivity index (χ4v) is 8.06. The summed E-state index contributed by atoms with van der Waals surface area (Å²) in [7, 11) is -3.94. The number of carbonyl (C=O) groups excluding carboxylic acids is 5. The Balaban J connectivity index is 1.25. The van der Waals surface area contributed by atoms with E-state index >= 15 is 0 Å². The summed E-state index contributed by atoms with van der Waals surface area (Å²) in [6.45, 7) is 5.20. The Kier molecular flexibility index (Phi) is 10.1. The van der Waals surface area contributed by atoms with Gasteiger partial charge in [0, 0.05) is 37.5 Å². The SMILES string of the molecule is CC(C)(C)OC(=O)N[C@H]1CCOCC/C=C\[C@H]2C[C@@]2(C(=O)NS(=O)(=O)C2CC2)NC(=O)[C@@H]2C[C@@H](OC(=O)N3Cc4cccc(F)c4C3)CN2C1=O. The minimum atomic E-state index is -3.94. The van der Waals surface area contributed by atoms with E-state index in [9.17, 15) is 36.8 Å². The summed E-state index contributed by atoms with van der Waals surface area (Å²) >= 11 is 0. The Morgan fingerprint density at radius 1 is 1.10 bits per heavy atom. The van der Waals surface area contributed by atoms with Crippen LogP contribution in [0.15, 0.2) is 30.4 Å². The van der Waals surface area contributed by atoms with Crippen LogP contribution in [-0.2, 0) is 51.7 Å². The smallest absolute Gasteiger partial charge is 0.410 e. The molecule has 3 heterocycles. The number of sulfonamides is 1. The molecule has 17 heteroatoms.